The smallest absolute Gasteiger partial charge is 0.309 e. The molecule has 0 aliphatic heterocycles. The van der Waals surface area contributed by atoms with E-state index < -0.39 is 11.8 Å². The van der Waals surface area contributed by atoms with E-state index >= 15 is 0 Å². The second-order valence-corrected chi connectivity index (χ2v) is 5.52. The number of benzene rings is 2. The summed E-state index contributed by atoms with van der Waals surface area (Å²) in [4.78, 5) is 23.5. The van der Waals surface area contributed by atoms with E-state index in [1.807, 2.05) is 49.4 Å². The molecule has 0 heterocycles. The van der Waals surface area contributed by atoms with E-state index in [-0.39, 0.29) is 0 Å². The highest BCUT2D eigenvalue weighted by molar-refractivity contribution is 6.35. The summed E-state index contributed by atoms with van der Waals surface area (Å²) in [5, 5.41) is 5.28. The molecule has 2 rings (SSSR count). The van der Waals surface area contributed by atoms with Crippen molar-refractivity contribution < 1.29 is 9.59 Å². The largest absolute Gasteiger partial charge is 0.348 e. The summed E-state index contributed by atoms with van der Waals surface area (Å²) in [6, 6.07) is 17.9. The van der Waals surface area contributed by atoms with Crippen molar-refractivity contribution in [1.29, 1.82) is 0 Å². The number of hydrogen-bond acceptors (Lipinski definition) is 2. The van der Waals surface area contributed by atoms with Crippen molar-refractivity contribution in [3.63, 3.8) is 0 Å². The molecule has 0 aliphatic rings. The molecule has 0 unspecified atom stereocenters. The zero-order chi connectivity index (χ0) is 16.5. The van der Waals surface area contributed by atoms with Gasteiger partial charge < -0.3 is 10.6 Å². The fourth-order valence-corrected chi connectivity index (χ4v) is 2.30. The van der Waals surface area contributed by atoms with Gasteiger partial charge in [-0.3, -0.25) is 9.59 Å². The van der Waals surface area contributed by atoms with E-state index in [9.17, 15) is 9.59 Å². The third-order valence-corrected chi connectivity index (χ3v) is 3.51. The first-order valence-corrected chi connectivity index (χ1v) is 7.80. The summed E-state index contributed by atoms with van der Waals surface area (Å²) in [7, 11) is 0. The van der Waals surface area contributed by atoms with Crippen molar-refractivity contribution in [1.82, 2.24) is 10.6 Å². The topological polar surface area (TPSA) is 58.2 Å². The van der Waals surface area contributed by atoms with Crippen molar-refractivity contribution in [3.8, 4) is 0 Å². The molecule has 120 valence electrons. The molecule has 0 spiro atoms. The van der Waals surface area contributed by atoms with Crippen LogP contribution in [-0.2, 0) is 22.6 Å². The predicted molar refractivity (Wildman–Crippen MR) is 90.8 cm³/mol. The Morgan fingerprint density at radius 3 is 2.30 bits per heavy atom. The second kappa shape index (κ2) is 8.73. The summed E-state index contributed by atoms with van der Waals surface area (Å²) in [5.74, 6) is -1.17. The van der Waals surface area contributed by atoms with Gasteiger partial charge in [0.25, 0.3) is 0 Å². The minimum atomic E-state index is -0.591. The number of carbonyl (C=O) groups is 2. The first-order valence-electron chi connectivity index (χ1n) is 7.80. The van der Waals surface area contributed by atoms with Crippen LogP contribution < -0.4 is 10.6 Å². The molecular formula is C19H22N2O2. The Bertz CT molecular complexity index is 653. The zero-order valence-corrected chi connectivity index (χ0v) is 13.3. The summed E-state index contributed by atoms with van der Waals surface area (Å²) < 4.78 is 0. The lowest BCUT2D eigenvalue weighted by Crippen LogP contribution is -2.40. The molecule has 0 aromatic heterocycles. The van der Waals surface area contributed by atoms with Crippen molar-refractivity contribution in [3.05, 3.63) is 71.3 Å². The zero-order valence-electron chi connectivity index (χ0n) is 13.3. The van der Waals surface area contributed by atoms with Crippen LogP contribution in [0.1, 0.15) is 23.1 Å². The van der Waals surface area contributed by atoms with Crippen LogP contribution in [0.5, 0.6) is 0 Å². The maximum absolute atomic E-state index is 11.7. The first-order chi connectivity index (χ1) is 11.1. The van der Waals surface area contributed by atoms with Gasteiger partial charge in [0.15, 0.2) is 0 Å². The molecule has 2 N–H and O–H groups in total. The Morgan fingerprint density at radius 1 is 0.870 bits per heavy atom. The van der Waals surface area contributed by atoms with E-state index in [0.29, 0.717) is 13.1 Å². The first kappa shape index (κ1) is 16.7. The average molecular weight is 310 g/mol. The monoisotopic (exact) mass is 310 g/mol. The third-order valence-electron chi connectivity index (χ3n) is 3.51. The van der Waals surface area contributed by atoms with E-state index in [0.717, 1.165) is 24.0 Å². The van der Waals surface area contributed by atoms with Crippen molar-refractivity contribution in [2.24, 2.45) is 0 Å². The van der Waals surface area contributed by atoms with Gasteiger partial charge in [-0.15, -0.1) is 0 Å². The van der Waals surface area contributed by atoms with Crippen LogP contribution in [0.15, 0.2) is 54.6 Å². The van der Waals surface area contributed by atoms with Gasteiger partial charge in [0.2, 0.25) is 0 Å². The Hall–Kier alpha value is -2.62. The number of nitrogens with one attached hydrogen (secondary N) is 2. The lowest BCUT2D eigenvalue weighted by atomic mass is 10.1. The van der Waals surface area contributed by atoms with E-state index in [1.54, 1.807) is 0 Å². The number of amides is 2. The van der Waals surface area contributed by atoms with Gasteiger partial charge in [0.05, 0.1) is 0 Å². The lowest BCUT2D eigenvalue weighted by Gasteiger charge is -2.07. The van der Waals surface area contributed by atoms with Gasteiger partial charge in [0, 0.05) is 13.1 Å². The third kappa shape index (κ3) is 5.94. The molecule has 0 radical (unpaired) electrons. The van der Waals surface area contributed by atoms with E-state index in [4.69, 9.17) is 0 Å². The van der Waals surface area contributed by atoms with Gasteiger partial charge in [-0.05, 0) is 30.9 Å². The van der Waals surface area contributed by atoms with Crippen molar-refractivity contribution in [2.45, 2.75) is 26.3 Å². The maximum atomic E-state index is 11.7. The van der Waals surface area contributed by atoms with Crippen LogP contribution in [0.3, 0.4) is 0 Å². The number of rotatable bonds is 6. The molecule has 2 aromatic carbocycles. The highest BCUT2D eigenvalue weighted by Crippen LogP contribution is 2.03. The molecule has 0 saturated heterocycles. The summed E-state index contributed by atoms with van der Waals surface area (Å²) in [6.45, 7) is 2.84. The van der Waals surface area contributed by atoms with Gasteiger partial charge in [-0.25, -0.2) is 0 Å². The van der Waals surface area contributed by atoms with E-state index in [2.05, 4.69) is 22.8 Å². The molecule has 2 aromatic rings. The van der Waals surface area contributed by atoms with Crippen LogP contribution in [0.25, 0.3) is 0 Å². The normalized spacial score (nSPS) is 10.1. The standard InChI is InChI=1S/C19H22N2O2/c1-15-7-5-10-17(13-15)14-21-19(23)18(22)20-12-6-11-16-8-3-2-4-9-16/h2-5,7-10,13H,6,11-12,14H2,1H3,(H,20,22)(H,21,23). The Balaban J connectivity index is 1.66. The number of carbonyl (C=O) groups excluding carboxylic acids is 2. The number of aryl methyl sites for hydroxylation is 2. The summed E-state index contributed by atoms with van der Waals surface area (Å²) in [5.41, 5.74) is 3.34. The van der Waals surface area contributed by atoms with Crippen LogP contribution in [0, 0.1) is 6.92 Å². The highest BCUT2D eigenvalue weighted by atomic mass is 16.2. The van der Waals surface area contributed by atoms with Crippen LogP contribution in [0.4, 0.5) is 0 Å². The quantitative estimate of drug-likeness (QED) is 0.635. The SMILES string of the molecule is Cc1cccc(CNC(=O)C(=O)NCCCc2ccccc2)c1. The van der Waals surface area contributed by atoms with Gasteiger partial charge in [-0.2, -0.15) is 0 Å². The lowest BCUT2D eigenvalue weighted by molar-refractivity contribution is -0.139. The average Bonchev–Trinajstić information content (AvgIpc) is 2.57. The van der Waals surface area contributed by atoms with Gasteiger partial charge in [0.1, 0.15) is 0 Å². The van der Waals surface area contributed by atoms with E-state index in [1.165, 1.54) is 5.56 Å². The minimum absolute atomic E-state index is 0.359. The van der Waals surface area contributed by atoms with Crippen molar-refractivity contribution >= 4 is 11.8 Å². The molecule has 0 saturated carbocycles. The van der Waals surface area contributed by atoms with Crippen molar-refractivity contribution in [2.75, 3.05) is 6.54 Å². The summed E-state index contributed by atoms with van der Waals surface area (Å²) >= 11 is 0. The maximum Gasteiger partial charge on any atom is 0.309 e. The minimum Gasteiger partial charge on any atom is -0.348 e. The van der Waals surface area contributed by atoms with Crippen LogP contribution >= 0.6 is 0 Å². The Morgan fingerprint density at radius 2 is 1.57 bits per heavy atom. The predicted octanol–water partition coefficient (Wildman–Crippen LogP) is 2.36. The highest BCUT2D eigenvalue weighted by Gasteiger charge is 2.11. The molecule has 0 bridgehead atoms. The fraction of sp³-hybridized carbons (Fsp3) is 0.263. The van der Waals surface area contributed by atoms with Crippen LogP contribution in [0.2, 0.25) is 0 Å². The second-order valence-electron chi connectivity index (χ2n) is 5.52. The Kier molecular flexibility index (Phi) is 6.36. The molecular weight excluding hydrogens is 288 g/mol. The summed E-state index contributed by atoms with van der Waals surface area (Å²) in [6.07, 6.45) is 1.69. The molecule has 2 amide bonds. The van der Waals surface area contributed by atoms with Crippen LogP contribution in [-0.4, -0.2) is 18.4 Å². The fourth-order valence-electron chi connectivity index (χ4n) is 2.30. The Labute approximate surface area is 136 Å². The molecule has 4 nitrogen and oxygen atoms in total. The molecule has 0 aliphatic carbocycles. The number of hydrogen-bond donors (Lipinski definition) is 2. The molecule has 0 fully saturated rings. The molecule has 23 heavy (non-hydrogen) atoms. The molecule has 0 atom stereocenters. The molecule has 4 heteroatoms. The van der Waals surface area contributed by atoms with Gasteiger partial charge >= 0.3 is 11.8 Å². The van der Waals surface area contributed by atoms with Gasteiger partial charge in [-0.1, -0.05) is 60.2 Å².